The standard InChI is InChI=1S/C11H13NO3S/c1-2-16(14,15)11-10(8-3-4-8)6-5-9(7-13)12-11/h5-8H,2-4H2,1H3. The van der Waals surface area contributed by atoms with Crippen LogP contribution in [-0.4, -0.2) is 25.4 Å². The van der Waals surface area contributed by atoms with Gasteiger partial charge in [-0.25, -0.2) is 13.4 Å². The van der Waals surface area contributed by atoms with Crippen molar-refractivity contribution in [2.24, 2.45) is 0 Å². The minimum atomic E-state index is -3.34. The molecule has 1 heterocycles. The molecule has 0 saturated heterocycles. The van der Waals surface area contributed by atoms with E-state index in [0.717, 1.165) is 18.4 Å². The van der Waals surface area contributed by atoms with Gasteiger partial charge in [0.25, 0.3) is 0 Å². The number of hydrogen-bond donors (Lipinski definition) is 0. The molecule has 0 atom stereocenters. The Morgan fingerprint density at radius 2 is 2.12 bits per heavy atom. The van der Waals surface area contributed by atoms with Gasteiger partial charge in [-0.15, -0.1) is 0 Å². The van der Waals surface area contributed by atoms with Crippen LogP contribution in [0.15, 0.2) is 17.2 Å². The Kier molecular flexibility index (Phi) is 2.80. The molecule has 0 radical (unpaired) electrons. The Morgan fingerprint density at radius 1 is 1.44 bits per heavy atom. The summed E-state index contributed by atoms with van der Waals surface area (Å²) in [6.45, 7) is 1.58. The fraction of sp³-hybridized carbons (Fsp3) is 0.455. The molecule has 1 saturated carbocycles. The summed E-state index contributed by atoms with van der Waals surface area (Å²) in [7, 11) is -3.34. The van der Waals surface area contributed by atoms with Gasteiger partial charge in [-0.05, 0) is 30.4 Å². The van der Waals surface area contributed by atoms with E-state index in [1.807, 2.05) is 0 Å². The SMILES string of the molecule is CCS(=O)(=O)c1nc(C=O)ccc1C1CC1. The Bertz CT molecular complexity index is 518. The van der Waals surface area contributed by atoms with Crippen LogP contribution in [0.3, 0.4) is 0 Å². The quantitative estimate of drug-likeness (QED) is 0.748. The summed E-state index contributed by atoms with van der Waals surface area (Å²) in [5, 5.41) is 0.0992. The molecule has 0 spiro atoms. The minimum Gasteiger partial charge on any atom is -0.296 e. The highest BCUT2D eigenvalue weighted by atomic mass is 32.2. The van der Waals surface area contributed by atoms with E-state index in [4.69, 9.17) is 0 Å². The van der Waals surface area contributed by atoms with Gasteiger partial charge in [-0.1, -0.05) is 13.0 Å². The molecule has 1 aliphatic rings. The Balaban J connectivity index is 2.58. The molecule has 0 aliphatic heterocycles. The maximum absolute atomic E-state index is 11.8. The summed E-state index contributed by atoms with van der Waals surface area (Å²) < 4.78 is 23.7. The predicted octanol–water partition coefficient (Wildman–Crippen LogP) is 1.57. The molecular weight excluding hydrogens is 226 g/mol. The number of aldehydes is 1. The zero-order chi connectivity index (χ0) is 11.8. The molecule has 0 N–H and O–H groups in total. The van der Waals surface area contributed by atoms with Crippen molar-refractivity contribution < 1.29 is 13.2 Å². The zero-order valence-electron chi connectivity index (χ0n) is 9.01. The molecule has 1 aromatic rings. The van der Waals surface area contributed by atoms with Crippen molar-refractivity contribution >= 4 is 16.1 Å². The summed E-state index contributed by atoms with van der Waals surface area (Å²) in [6.07, 6.45) is 2.59. The third-order valence-corrected chi connectivity index (χ3v) is 4.40. The van der Waals surface area contributed by atoms with Crippen molar-refractivity contribution in [2.45, 2.75) is 30.7 Å². The van der Waals surface area contributed by atoms with Gasteiger partial charge in [-0.3, -0.25) is 4.79 Å². The number of rotatable bonds is 4. The van der Waals surface area contributed by atoms with Crippen molar-refractivity contribution in [3.63, 3.8) is 0 Å². The highest BCUT2D eigenvalue weighted by molar-refractivity contribution is 7.91. The molecule has 0 amide bonds. The fourth-order valence-electron chi connectivity index (χ4n) is 1.62. The van der Waals surface area contributed by atoms with E-state index in [9.17, 15) is 13.2 Å². The molecular formula is C11H13NO3S. The number of nitrogens with zero attached hydrogens (tertiary/aromatic N) is 1. The van der Waals surface area contributed by atoms with Crippen LogP contribution in [0.25, 0.3) is 0 Å². The summed E-state index contributed by atoms with van der Waals surface area (Å²) in [4.78, 5) is 14.6. The van der Waals surface area contributed by atoms with Gasteiger partial charge in [0.05, 0.1) is 5.75 Å². The Labute approximate surface area is 94.6 Å². The van der Waals surface area contributed by atoms with Gasteiger partial charge < -0.3 is 0 Å². The zero-order valence-corrected chi connectivity index (χ0v) is 9.83. The monoisotopic (exact) mass is 239 g/mol. The molecule has 0 unspecified atom stereocenters. The van der Waals surface area contributed by atoms with Crippen LogP contribution in [0.5, 0.6) is 0 Å². The Hall–Kier alpha value is -1.23. The highest BCUT2D eigenvalue weighted by Crippen LogP contribution is 2.42. The second-order valence-electron chi connectivity index (χ2n) is 3.93. The Morgan fingerprint density at radius 3 is 2.62 bits per heavy atom. The van der Waals surface area contributed by atoms with E-state index in [1.165, 1.54) is 0 Å². The molecule has 86 valence electrons. The molecule has 16 heavy (non-hydrogen) atoms. The molecule has 1 aromatic heterocycles. The molecule has 0 aromatic carbocycles. The van der Waals surface area contributed by atoms with E-state index >= 15 is 0 Å². The lowest BCUT2D eigenvalue weighted by Crippen LogP contribution is -2.10. The molecule has 4 nitrogen and oxygen atoms in total. The summed E-state index contributed by atoms with van der Waals surface area (Å²) in [6, 6.07) is 3.30. The van der Waals surface area contributed by atoms with Gasteiger partial charge in [0.15, 0.2) is 21.1 Å². The molecule has 1 aliphatic carbocycles. The van der Waals surface area contributed by atoms with Crippen molar-refractivity contribution in [3.05, 3.63) is 23.4 Å². The first-order valence-corrected chi connectivity index (χ1v) is 6.92. The topological polar surface area (TPSA) is 64.1 Å². The summed E-state index contributed by atoms with van der Waals surface area (Å²) in [5.74, 6) is 0.326. The van der Waals surface area contributed by atoms with E-state index in [-0.39, 0.29) is 16.5 Å². The molecule has 5 heteroatoms. The smallest absolute Gasteiger partial charge is 0.195 e. The lowest BCUT2D eigenvalue weighted by atomic mass is 10.2. The summed E-state index contributed by atoms with van der Waals surface area (Å²) >= 11 is 0. The van der Waals surface area contributed by atoms with Crippen LogP contribution in [-0.2, 0) is 9.84 Å². The average Bonchev–Trinajstić information content (AvgIpc) is 3.12. The van der Waals surface area contributed by atoms with Crippen molar-refractivity contribution in [1.82, 2.24) is 4.98 Å². The first-order valence-electron chi connectivity index (χ1n) is 5.27. The second-order valence-corrected chi connectivity index (χ2v) is 6.12. The molecule has 2 rings (SSSR count). The number of pyridine rings is 1. The molecule has 0 bridgehead atoms. The van der Waals surface area contributed by atoms with Gasteiger partial charge in [0.1, 0.15) is 5.69 Å². The van der Waals surface area contributed by atoms with Crippen molar-refractivity contribution in [1.29, 1.82) is 0 Å². The van der Waals surface area contributed by atoms with Crippen LogP contribution in [0.4, 0.5) is 0 Å². The van der Waals surface area contributed by atoms with Crippen LogP contribution in [0, 0.1) is 0 Å². The lowest BCUT2D eigenvalue weighted by Gasteiger charge is -2.07. The third-order valence-electron chi connectivity index (χ3n) is 2.72. The van der Waals surface area contributed by atoms with Crippen LogP contribution in [0.2, 0.25) is 0 Å². The minimum absolute atomic E-state index is 0.0159. The second kappa shape index (κ2) is 3.97. The van der Waals surface area contributed by atoms with Gasteiger partial charge in [0.2, 0.25) is 0 Å². The summed E-state index contributed by atoms with van der Waals surface area (Å²) in [5.41, 5.74) is 0.948. The number of hydrogen-bond acceptors (Lipinski definition) is 4. The van der Waals surface area contributed by atoms with E-state index in [2.05, 4.69) is 4.98 Å². The van der Waals surface area contributed by atoms with Crippen LogP contribution < -0.4 is 0 Å². The van der Waals surface area contributed by atoms with E-state index in [1.54, 1.807) is 19.1 Å². The number of aromatic nitrogens is 1. The fourth-order valence-corrected chi connectivity index (χ4v) is 2.73. The maximum atomic E-state index is 11.8. The van der Waals surface area contributed by atoms with E-state index < -0.39 is 9.84 Å². The van der Waals surface area contributed by atoms with Crippen molar-refractivity contribution in [3.8, 4) is 0 Å². The number of carbonyl (C=O) groups is 1. The maximum Gasteiger partial charge on any atom is 0.195 e. The first-order chi connectivity index (χ1) is 7.58. The van der Waals surface area contributed by atoms with Crippen LogP contribution in [0.1, 0.15) is 41.7 Å². The van der Waals surface area contributed by atoms with Gasteiger partial charge in [-0.2, -0.15) is 0 Å². The largest absolute Gasteiger partial charge is 0.296 e. The number of carbonyl (C=O) groups excluding carboxylic acids is 1. The first kappa shape index (κ1) is 11.3. The average molecular weight is 239 g/mol. The van der Waals surface area contributed by atoms with Gasteiger partial charge in [0, 0.05) is 0 Å². The highest BCUT2D eigenvalue weighted by Gasteiger charge is 2.31. The lowest BCUT2D eigenvalue weighted by molar-refractivity contribution is 0.111. The predicted molar refractivity (Wildman–Crippen MR) is 59.3 cm³/mol. The number of sulfone groups is 1. The van der Waals surface area contributed by atoms with Crippen LogP contribution >= 0.6 is 0 Å². The third kappa shape index (κ3) is 2.00. The van der Waals surface area contributed by atoms with Crippen molar-refractivity contribution in [2.75, 3.05) is 5.75 Å². The van der Waals surface area contributed by atoms with E-state index in [0.29, 0.717) is 12.2 Å². The normalized spacial score (nSPS) is 16.1. The molecule has 1 fully saturated rings. The van der Waals surface area contributed by atoms with Gasteiger partial charge >= 0.3 is 0 Å².